The lowest BCUT2D eigenvalue weighted by atomic mass is 9.30. The van der Waals surface area contributed by atoms with Gasteiger partial charge in [-0.2, -0.15) is 0 Å². The molecule has 24 fully saturated rings. The Bertz CT molecular complexity index is 3290. The minimum absolute atomic E-state index is 0.0813. The van der Waals surface area contributed by atoms with E-state index in [1.807, 2.05) is 12.1 Å². The van der Waals surface area contributed by atoms with Crippen LogP contribution < -0.4 is 20.9 Å². The number of rotatable bonds is 11. The van der Waals surface area contributed by atoms with E-state index < -0.39 is 0 Å². The Hall–Kier alpha value is -4.32. The maximum Gasteiger partial charge on any atom is 0.142 e. The van der Waals surface area contributed by atoms with Crippen LogP contribution in [0.4, 0.5) is 11.4 Å². The summed E-state index contributed by atoms with van der Waals surface area (Å²) in [5.41, 5.74) is 23.0. The molecule has 6 N–H and O–H groups in total. The highest BCUT2D eigenvalue weighted by molar-refractivity contribution is 5.63. The van der Waals surface area contributed by atoms with Crippen molar-refractivity contribution in [3.8, 4) is 34.5 Å². The third kappa shape index (κ3) is 7.37. The molecule has 0 spiro atoms. The average molecular weight is 1210 g/mol. The molecule has 474 valence electrons. The van der Waals surface area contributed by atoms with Gasteiger partial charge in [-0.1, -0.05) is 24.3 Å². The lowest BCUT2D eigenvalue weighted by molar-refractivity contribution is -0.212. The fraction of sp³-hybridized carbons (Fsp3) is 0.714. The van der Waals surface area contributed by atoms with E-state index >= 15 is 0 Å². The number of benzene rings is 4. The molecule has 0 saturated heterocycles. The Morgan fingerprint density at radius 1 is 0.322 bits per heavy atom. The lowest BCUT2D eigenvalue weighted by Crippen LogP contribution is -2.66. The van der Waals surface area contributed by atoms with Crippen molar-refractivity contribution in [1.82, 2.24) is 0 Å². The number of nitrogens with two attached hydrogens (primary N) is 2. The van der Waals surface area contributed by atoms with Gasteiger partial charge in [0.15, 0.2) is 0 Å². The van der Waals surface area contributed by atoms with E-state index in [1.54, 1.807) is 11.1 Å². The third-order valence-electron chi connectivity index (χ3n) is 34.1. The number of phenolic OH excluding ortho intramolecular Hbond substituents is 2. The summed E-state index contributed by atoms with van der Waals surface area (Å²) in [4.78, 5) is 0. The summed E-state index contributed by atoms with van der Waals surface area (Å²) in [6.07, 6.45) is 48.3. The molecule has 0 aliphatic heterocycles. The third-order valence-corrected chi connectivity index (χ3v) is 34.1. The van der Waals surface area contributed by atoms with E-state index in [2.05, 4.69) is 60.7 Å². The van der Waals surface area contributed by atoms with Crippen molar-refractivity contribution in [2.45, 2.75) is 240 Å². The fourth-order valence-corrected chi connectivity index (χ4v) is 34.7. The fourth-order valence-electron chi connectivity index (χ4n) is 34.7. The van der Waals surface area contributed by atoms with Gasteiger partial charge in [0.1, 0.15) is 34.5 Å². The quantitative estimate of drug-likeness (QED) is 0.0880. The highest BCUT2D eigenvalue weighted by atomic mass is 16.5. The van der Waals surface area contributed by atoms with Crippen LogP contribution in [0.25, 0.3) is 0 Å². The molecular formula is C84H104N2O4. The second-order valence-electron chi connectivity index (χ2n) is 39.2. The van der Waals surface area contributed by atoms with Crippen LogP contribution in [0.15, 0.2) is 72.8 Å². The number of hydrogen-bond donors (Lipinski definition) is 4. The van der Waals surface area contributed by atoms with Crippen LogP contribution >= 0.6 is 0 Å². The van der Waals surface area contributed by atoms with Crippen molar-refractivity contribution < 1.29 is 19.7 Å². The Labute approximate surface area is 537 Å². The van der Waals surface area contributed by atoms with Crippen LogP contribution in [0, 0.1) is 128 Å². The molecule has 90 heavy (non-hydrogen) atoms. The van der Waals surface area contributed by atoms with Crippen molar-refractivity contribution in [1.29, 1.82) is 0 Å². The molecule has 24 aliphatic rings. The Morgan fingerprint density at radius 2 is 0.611 bits per heavy atom. The maximum absolute atomic E-state index is 11.5. The molecule has 24 bridgehead atoms. The van der Waals surface area contributed by atoms with Gasteiger partial charge in [-0.3, -0.25) is 0 Å². The first-order valence-corrected chi connectivity index (χ1v) is 38.4. The van der Waals surface area contributed by atoms with Crippen LogP contribution in [0.2, 0.25) is 0 Å². The molecule has 0 aromatic heterocycles. The second kappa shape index (κ2) is 18.0. The molecule has 6 heteroatoms. The normalized spacial score (nSPS) is 51.5. The zero-order chi connectivity index (χ0) is 59.3. The Kier molecular flexibility index (Phi) is 10.8. The van der Waals surface area contributed by atoms with Gasteiger partial charge in [-0.25, -0.2) is 0 Å². The van der Waals surface area contributed by atoms with E-state index in [1.165, 1.54) is 229 Å². The monoisotopic (exact) mass is 1200 g/mol. The summed E-state index contributed by atoms with van der Waals surface area (Å²) in [5, 5.41) is 23.0. The van der Waals surface area contributed by atoms with Crippen molar-refractivity contribution in [2.75, 3.05) is 11.5 Å². The summed E-state index contributed by atoms with van der Waals surface area (Å²) in [7, 11) is 0. The van der Waals surface area contributed by atoms with Crippen molar-refractivity contribution in [3.05, 3.63) is 95.1 Å². The van der Waals surface area contributed by atoms with Crippen LogP contribution in [-0.4, -0.2) is 10.2 Å². The van der Waals surface area contributed by atoms with Gasteiger partial charge >= 0.3 is 0 Å². The summed E-state index contributed by atoms with van der Waals surface area (Å²) < 4.78 is 14.6. The standard InChI is InChI=1S/C84H104N2O4/c85-69-23-67(83-41-53-15-54(42-83)20-61(19-53)75(83)77-27-47-9-48(28-77)11-49(10-47)29-77)73(25-71(69)87)89-65-5-1-63(2-6-65)79-33-57-17-58(34-79)38-81(37-57,45-79)82-39-59-18-60(40-82)36-80(35-59,46-82)64-3-7-66(8-4-64)90-74-26-72(88)70(86)24-68(74)84-43-55-16-56(44-84)22-62(21-55)76(84)78-30-50-12-51(31-78)14-52(13-50)32-78/h1-8,23-26,47-62,75-76,87-88H,9-22,27-46,85-86H2. The largest absolute Gasteiger partial charge is 0.506 e. The van der Waals surface area contributed by atoms with Crippen LogP contribution in [0.5, 0.6) is 34.5 Å². The van der Waals surface area contributed by atoms with Crippen LogP contribution in [0.3, 0.4) is 0 Å². The molecule has 24 aliphatic carbocycles. The molecule has 10 unspecified atom stereocenters. The van der Waals surface area contributed by atoms with E-state index in [4.69, 9.17) is 20.9 Å². The first-order valence-electron chi connectivity index (χ1n) is 38.4. The molecule has 28 rings (SSSR count). The smallest absolute Gasteiger partial charge is 0.142 e. The topological polar surface area (TPSA) is 111 Å². The van der Waals surface area contributed by atoms with Gasteiger partial charge in [-0.15, -0.1) is 0 Å². The summed E-state index contributed by atoms with van der Waals surface area (Å²) in [6, 6.07) is 27.9. The zero-order valence-corrected chi connectivity index (χ0v) is 54.2. The number of ether oxygens (including phenoxy) is 2. The number of aromatic hydroxyl groups is 2. The molecule has 10 atom stereocenters. The summed E-state index contributed by atoms with van der Waals surface area (Å²) >= 11 is 0. The molecule has 0 amide bonds. The predicted molar refractivity (Wildman–Crippen MR) is 354 cm³/mol. The van der Waals surface area contributed by atoms with E-state index in [-0.39, 0.29) is 33.2 Å². The molecule has 24 saturated carbocycles. The number of anilines is 2. The van der Waals surface area contributed by atoms with E-state index in [0.717, 1.165) is 118 Å². The predicted octanol–water partition coefficient (Wildman–Crippen LogP) is 20.0. The first kappa shape index (κ1) is 54.0. The molecule has 6 nitrogen and oxygen atoms in total. The number of hydrogen-bond acceptors (Lipinski definition) is 6. The highest BCUT2D eigenvalue weighted by Crippen LogP contribution is 2.81. The van der Waals surface area contributed by atoms with E-state index in [9.17, 15) is 10.2 Å². The van der Waals surface area contributed by atoms with Gasteiger partial charge in [0.05, 0.1) is 11.4 Å². The average Bonchev–Trinajstić information content (AvgIpc) is 0.690. The van der Waals surface area contributed by atoms with Crippen molar-refractivity contribution in [2.24, 2.45) is 128 Å². The van der Waals surface area contributed by atoms with Gasteiger partial charge < -0.3 is 31.2 Å². The molecule has 0 radical (unpaired) electrons. The number of nitrogen functional groups attached to an aromatic ring is 2. The second-order valence-corrected chi connectivity index (χ2v) is 39.2. The highest BCUT2D eigenvalue weighted by Gasteiger charge is 2.72. The first-order chi connectivity index (χ1) is 43.6. The summed E-state index contributed by atoms with van der Waals surface area (Å²) in [5.74, 6) is 19.2. The van der Waals surface area contributed by atoms with Gasteiger partial charge in [0.25, 0.3) is 0 Å². The van der Waals surface area contributed by atoms with Gasteiger partial charge in [0, 0.05) is 34.1 Å². The molecule has 4 aromatic carbocycles. The van der Waals surface area contributed by atoms with Crippen LogP contribution in [-0.2, 0) is 21.7 Å². The Morgan fingerprint density at radius 3 is 0.922 bits per heavy atom. The zero-order valence-electron chi connectivity index (χ0n) is 54.2. The Balaban J connectivity index is 0.555. The van der Waals surface area contributed by atoms with E-state index in [0.29, 0.717) is 44.9 Å². The van der Waals surface area contributed by atoms with Crippen molar-refractivity contribution >= 4 is 11.4 Å². The number of phenols is 2. The van der Waals surface area contributed by atoms with Crippen molar-refractivity contribution in [3.63, 3.8) is 0 Å². The molecular weight excluding hydrogens is 1100 g/mol. The molecule has 0 heterocycles. The minimum Gasteiger partial charge on any atom is -0.506 e. The summed E-state index contributed by atoms with van der Waals surface area (Å²) in [6.45, 7) is 0. The van der Waals surface area contributed by atoms with Gasteiger partial charge in [0.2, 0.25) is 0 Å². The van der Waals surface area contributed by atoms with Gasteiger partial charge in [-0.05, 0) is 405 Å². The maximum atomic E-state index is 11.5. The minimum atomic E-state index is 0.0813. The lowest BCUT2D eigenvalue weighted by Gasteiger charge is -2.74. The van der Waals surface area contributed by atoms with Crippen LogP contribution in [0.1, 0.15) is 241 Å². The SMILES string of the molecule is Nc1cc(C23CC4CC(CC(C4)C2C24CC5CC(CC(C5)C2)C4)C3)c(Oc2ccc(C34CC5CC(C3)CC(C36CC7CC(CC(c8ccc(Oc9cc(O)c(N)cc9C9%10CC%11CC(CC(C%11)C9C9%11CC%12CC(CC(C%12)C9)C%11)C%10)cc8)(C7)C3)C6)(C5)C4)cc2)cc1O. The molecule has 4 aromatic rings.